The Bertz CT molecular complexity index is 1210. The molecule has 0 aliphatic carbocycles. The maximum absolute atomic E-state index is 12.6. The molecule has 2 heterocycles. The molecule has 8 nitrogen and oxygen atoms in total. The number of aromatic nitrogens is 2. The lowest BCUT2D eigenvalue weighted by Crippen LogP contribution is -2.19. The van der Waals surface area contributed by atoms with E-state index in [1.807, 2.05) is 0 Å². The second-order valence-corrected chi connectivity index (χ2v) is 6.76. The van der Waals surface area contributed by atoms with Crippen molar-refractivity contribution in [3.63, 3.8) is 0 Å². The molecule has 0 spiro atoms. The van der Waals surface area contributed by atoms with Crippen molar-refractivity contribution in [1.82, 2.24) is 9.55 Å². The molecule has 34 heavy (non-hydrogen) atoms. The number of anilines is 1. The molecule has 3 N–H and O–H groups in total. The zero-order valence-electron chi connectivity index (χ0n) is 17.5. The molecule has 0 amide bonds. The molecule has 0 saturated heterocycles. The highest BCUT2D eigenvalue weighted by molar-refractivity contribution is 9.09. The topological polar surface area (TPSA) is 128 Å². The molecule has 12 heteroatoms. The standard InChI is InChI=1S/C11H9FN2O2.C8H6BrFO.C3H4N2O.BrH/c12-9-3-1-8(2-4-9)10(15)7-14-5-6-16-11(14)13;9-5-8(11)6-1-3-7(10)4-2-6;4-3-5-1-2-6-3;/h1-6,13H,7H2;1-4H,5H2;1-2H,(H2,4,5);1H. The predicted octanol–water partition coefficient (Wildman–Crippen LogP) is 4.82. The van der Waals surface area contributed by atoms with Gasteiger partial charge in [-0.3, -0.25) is 19.6 Å². The van der Waals surface area contributed by atoms with Gasteiger partial charge in [0, 0.05) is 17.3 Å². The predicted molar refractivity (Wildman–Crippen MR) is 129 cm³/mol. The van der Waals surface area contributed by atoms with Gasteiger partial charge in [0.1, 0.15) is 24.2 Å². The Morgan fingerprint density at radius 1 is 0.941 bits per heavy atom. The van der Waals surface area contributed by atoms with Crippen LogP contribution in [0.3, 0.4) is 0 Å². The highest BCUT2D eigenvalue weighted by atomic mass is 79.9. The summed E-state index contributed by atoms with van der Waals surface area (Å²) in [7, 11) is 0. The molecular weight excluding hydrogens is 582 g/mol. The highest BCUT2D eigenvalue weighted by Crippen LogP contribution is 2.05. The van der Waals surface area contributed by atoms with Crippen molar-refractivity contribution in [1.29, 1.82) is 5.41 Å². The van der Waals surface area contributed by atoms with E-state index in [9.17, 15) is 18.4 Å². The van der Waals surface area contributed by atoms with E-state index in [1.54, 1.807) is 0 Å². The number of carbonyl (C=O) groups excluding carboxylic acids is 2. The number of hydrogen-bond donors (Lipinski definition) is 2. The molecule has 0 aliphatic rings. The summed E-state index contributed by atoms with van der Waals surface area (Å²) in [4.78, 5) is 26.2. The number of nitrogen functional groups attached to an aromatic ring is 1. The first kappa shape index (κ1) is 28.7. The maximum atomic E-state index is 12.6. The average molecular weight is 602 g/mol. The van der Waals surface area contributed by atoms with E-state index >= 15 is 0 Å². The lowest BCUT2D eigenvalue weighted by Gasteiger charge is -2.01. The molecule has 4 aromatic rings. The van der Waals surface area contributed by atoms with Crippen LogP contribution in [-0.2, 0) is 6.54 Å². The fourth-order valence-corrected chi connectivity index (χ4v) is 2.58. The fraction of sp³-hybridized carbons (Fsp3) is 0.0909. The summed E-state index contributed by atoms with van der Waals surface area (Å²) in [5.41, 5.74) is 5.85. The van der Waals surface area contributed by atoms with Gasteiger partial charge < -0.3 is 14.6 Å². The molecule has 0 unspecified atom stereocenters. The molecule has 0 saturated carbocycles. The van der Waals surface area contributed by atoms with Gasteiger partial charge in [-0.1, -0.05) is 15.9 Å². The van der Waals surface area contributed by atoms with Crippen LogP contribution < -0.4 is 11.4 Å². The van der Waals surface area contributed by atoms with E-state index in [2.05, 4.69) is 25.3 Å². The number of ketones is 2. The molecule has 2 aromatic heterocycles. The summed E-state index contributed by atoms with van der Waals surface area (Å²) in [6, 6.07) is 11.0. The molecule has 0 atom stereocenters. The lowest BCUT2D eigenvalue weighted by molar-refractivity contribution is 0.0967. The first-order valence-corrected chi connectivity index (χ1v) is 10.4. The van der Waals surface area contributed by atoms with Gasteiger partial charge in [0.15, 0.2) is 11.6 Å². The molecule has 0 bridgehead atoms. The van der Waals surface area contributed by atoms with E-state index in [4.69, 9.17) is 15.6 Å². The van der Waals surface area contributed by atoms with Crippen molar-refractivity contribution in [2.75, 3.05) is 11.1 Å². The van der Waals surface area contributed by atoms with E-state index in [-0.39, 0.29) is 63.8 Å². The zero-order chi connectivity index (χ0) is 24.2. The number of Topliss-reactive ketones (excluding diaryl/α,β-unsaturated/α-hetero) is 2. The Hall–Kier alpha value is -3.38. The number of nitrogens with one attached hydrogen (secondary N) is 1. The van der Waals surface area contributed by atoms with Crippen LogP contribution in [0.15, 0.2) is 82.3 Å². The van der Waals surface area contributed by atoms with Crippen LogP contribution in [-0.4, -0.2) is 26.4 Å². The van der Waals surface area contributed by atoms with E-state index in [0.29, 0.717) is 11.1 Å². The van der Waals surface area contributed by atoms with Crippen LogP contribution in [0.25, 0.3) is 0 Å². The minimum Gasteiger partial charge on any atom is -0.432 e. The Morgan fingerprint density at radius 2 is 1.47 bits per heavy atom. The molecule has 180 valence electrons. The van der Waals surface area contributed by atoms with Crippen LogP contribution in [0.1, 0.15) is 20.7 Å². The van der Waals surface area contributed by atoms with Crippen molar-refractivity contribution in [3.05, 3.63) is 102 Å². The normalized spacial score (nSPS) is 9.50. The quantitative estimate of drug-likeness (QED) is 0.249. The molecule has 0 radical (unpaired) electrons. The van der Waals surface area contributed by atoms with Crippen LogP contribution >= 0.6 is 32.9 Å². The molecule has 4 rings (SSSR count). The Morgan fingerprint density at radius 3 is 1.82 bits per heavy atom. The fourth-order valence-electron chi connectivity index (χ4n) is 2.26. The molecule has 0 fully saturated rings. The summed E-state index contributed by atoms with van der Waals surface area (Å²) in [6.45, 7) is 0.0148. The maximum Gasteiger partial charge on any atom is 0.294 e. The van der Waals surface area contributed by atoms with Crippen LogP contribution in [0.5, 0.6) is 0 Å². The first-order valence-electron chi connectivity index (χ1n) is 9.27. The average Bonchev–Trinajstić information content (AvgIpc) is 3.46. The van der Waals surface area contributed by atoms with Crippen molar-refractivity contribution >= 4 is 50.5 Å². The van der Waals surface area contributed by atoms with Crippen LogP contribution in [0, 0.1) is 17.0 Å². The number of carbonyl (C=O) groups is 2. The van der Waals surface area contributed by atoms with Crippen LogP contribution in [0.4, 0.5) is 14.8 Å². The van der Waals surface area contributed by atoms with E-state index < -0.39 is 0 Å². The van der Waals surface area contributed by atoms with Gasteiger partial charge in [-0.15, -0.1) is 17.0 Å². The largest absolute Gasteiger partial charge is 0.432 e. The SMILES string of the molecule is Br.N=c1occn1CC(=O)c1ccc(F)cc1.Nc1ncco1.O=C(CBr)c1ccc(F)cc1. The second-order valence-electron chi connectivity index (χ2n) is 6.20. The minimum absolute atomic E-state index is 0. The summed E-state index contributed by atoms with van der Waals surface area (Å²) in [5.74, 6) is -0.935. The molecule has 0 aliphatic heterocycles. The number of nitrogens with two attached hydrogens (primary N) is 1. The number of nitrogens with zero attached hydrogens (tertiary/aromatic N) is 2. The van der Waals surface area contributed by atoms with Gasteiger partial charge in [0.25, 0.3) is 11.7 Å². The third-order valence-electron chi connectivity index (χ3n) is 3.90. The van der Waals surface area contributed by atoms with E-state index in [0.717, 1.165) is 0 Å². The smallest absolute Gasteiger partial charge is 0.294 e. The molecule has 2 aromatic carbocycles. The van der Waals surface area contributed by atoms with Crippen molar-refractivity contribution in [3.8, 4) is 0 Å². The van der Waals surface area contributed by atoms with Gasteiger partial charge >= 0.3 is 0 Å². The van der Waals surface area contributed by atoms with Gasteiger partial charge in [0.05, 0.1) is 18.1 Å². The number of alkyl halides is 1. The van der Waals surface area contributed by atoms with E-state index in [1.165, 1.54) is 78.0 Å². The minimum atomic E-state index is -0.381. The Kier molecular flexibility index (Phi) is 12.4. The van der Waals surface area contributed by atoms with Crippen molar-refractivity contribution < 1.29 is 27.2 Å². The summed E-state index contributed by atoms with van der Waals surface area (Å²) >= 11 is 3.03. The number of hydrogen-bond acceptors (Lipinski definition) is 7. The summed E-state index contributed by atoms with van der Waals surface area (Å²) in [5, 5.41) is 7.60. The molecular formula is C22H20Br2F2N4O4. The summed E-state index contributed by atoms with van der Waals surface area (Å²) < 4.78 is 35.6. The number of benzene rings is 2. The number of rotatable bonds is 5. The van der Waals surface area contributed by atoms with Gasteiger partial charge in [-0.25, -0.2) is 13.8 Å². The Labute approximate surface area is 211 Å². The van der Waals surface area contributed by atoms with Gasteiger partial charge in [0.2, 0.25) is 0 Å². The number of oxazole rings is 2. The third-order valence-corrected chi connectivity index (χ3v) is 4.41. The van der Waals surface area contributed by atoms with Gasteiger partial charge in [-0.05, 0) is 48.5 Å². The van der Waals surface area contributed by atoms with Crippen LogP contribution in [0.2, 0.25) is 0 Å². The third kappa shape index (κ3) is 9.63. The highest BCUT2D eigenvalue weighted by Gasteiger charge is 2.07. The van der Waals surface area contributed by atoms with Crippen molar-refractivity contribution in [2.24, 2.45) is 0 Å². The summed E-state index contributed by atoms with van der Waals surface area (Å²) in [6.07, 6.45) is 5.76. The zero-order valence-corrected chi connectivity index (χ0v) is 20.8. The first-order chi connectivity index (χ1) is 15.8. The Balaban J connectivity index is 0.000000278. The van der Waals surface area contributed by atoms with Crippen molar-refractivity contribution in [2.45, 2.75) is 6.54 Å². The second kappa shape index (κ2) is 14.7. The monoisotopic (exact) mass is 600 g/mol. The van der Waals surface area contributed by atoms with Gasteiger partial charge in [-0.2, -0.15) is 0 Å². The number of halogens is 4. The lowest BCUT2D eigenvalue weighted by atomic mass is 10.1.